The third-order valence-electron chi connectivity index (χ3n) is 4.03. The summed E-state index contributed by atoms with van der Waals surface area (Å²) in [6.45, 7) is 0.660. The summed E-state index contributed by atoms with van der Waals surface area (Å²) >= 11 is 1.47. The Morgan fingerprint density at radius 3 is 2.67 bits per heavy atom. The van der Waals surface area contributed by atoms with Crippen LogP contribution in [-0.4, -0.2) is 39.3 Å². The molecule has 1 aromatic carbocycles. The number of hydrogen-bond donors (Lipinski definition) is 2. The number of rotatable bonds is 6. The van der Waals surface area contributed by atoms with Gasteiger partial charge in [-0.15, -0.1) is 5.10 Å². The van der Waals surface area contributed by atoms with Gasteiger partial charge in [0.05, 0.1) is 23.0 Å². The Kier molecular flexibility index (Phi) is 4.42. The van der Waals surface area contributed by atoms with E-state index in [9.17, 15) is 8.42 Å². The first kappa shape index (κ1) is 17.6. The van der Waals surface area contributed by atoms with Crippen molar-refractivity contribution in [3.8, 4) is 11.3 Å². The first-order chi connectivity index (χ1) is 12.9. The number of nitrogens with one attached hydrogen (secondary N) is 1. The highest BCUT2D eigenvalue weighted by Gasteiger charge is 2.12. The number of nitrogens with zero attached hydrogens (tertiary/aromatic N) is 5. The molecule has 4 rings (SSSR count). The zero-order valence-corrected chi connectivity index (χ0v) is 16.0. The van der Waals surface area contributed by atoms with Crippen molar-refractivity contribution in [1.29, 1.82) is 0 Å². The van der Waals surface area contributed by atoms with Crippen LogP contribution in [0.1, 0.15) is 5.56 Å². The van der Waals surface area contributed by atoms with Gasteiger partial charge in [-0.2, -0.15) is 5.10 Å². The van der Waals surface area contributed by atoms with Crippen molar-refractivity contribution in [3.63, 3.8) is 0 Å². The largest absolute Gasteiger partial charge is 0.360 e. The second-order valence-electron chi connectivity index (χ2n) is 6.01. The fraction of sp³-hybridized carbons (Fsp3) is 0.188. The molecular formula is C16H17N7O2S2. The summed E-state index contributed by atoms with van der Waals surface area (Å²) in [6.07, 6.45) is 6.21. The summed E-state index contributed by atoms with van der Waals surface area (Å²) < 4.78 is 26.1. The number of aromatic nitrogens is 5. The highest BCUT2D eigenvalue weighted by atomic mass is 32.2. The molecule has 0 saturated carbocycles. The van der Waals surface area contributed by atoms with Gasteiger partial charge in [0.1, 0.15) is 0 Å². The van der Waals surface area contributed by atoms with E-state index in [1.165, 1.54) is 23.5 Å². The summed E-state index contributed by atoms with van der Waals surface area (Å²) in [7, 11) is -1.79. The van der Waals surface area contributed by atoms with E-state index in [0.717, 1.165) is 33.3 Å². The van der Waals surface area contributed by atoms with Gasteiger partial charge in [0.25, 0.3) is 0 Å². The lowest BCUT2D eigenvalue weighted by Crippen LogP contribution is -2.12. The summed E-state index contributed by atoms with van der Waals surface area (Å²) in [6, 6.07) is 6.55. The Morgan fingerprint density at radius 2 is 2.00 bits per heavy atom. The van der Waals surface area contributed by atoms with Gasteiger partial charge in [-0.3, -0.25) is 4.68 Å². The van der Waals surface area contributed by atoms with Crippen molar-refractivity contribution >= 4 is 31.5 Å². The third-order valence-corrected chi connectivity index (χ3v) is 5.84. The molecule has 0 spiro atoms. The molecule has 0 atom stereocenters. The molecule has 0 radical (unpaired) electrons. The van der Waals surface area contributed by atoms with Crippen LogP contribution < -0.4 is 10.5 Å². The van der Waals surface area contributed by atoms with Gasteiger partial charge in [-0.25, -0.2) is 23.1 Å². The van der Waals surface area contributed by atoms with Crippen molar-refractivity contribution in [3.05, 3.63) is 48.4 Å². The van der Waals surface area contributed by atoms with Gasteiger partial charge in [-0.1, -0.05) is 23.5 Å². The molecule has 0 aliphatic rings. The third kappa shape index (κ3) is 3.70. The van der Waals surface area contributed by atoms with Crippen molar-refractivity contribution < 1.29 is 8.42 Å². The Bertz CT molecular complexity index is 1190. The maximum atomic E-state index is 11.3. The van der Waals surface area contributed by atoms with Crippen molar-refractivity contribution in [1.82, 2.24) is 24.4 Å². The number of aryl methyl sites for hydroxylation is 1. The Morgan fingerprint density at radius 1 is 1.22 bits per heavy atom. The number of anilines is 1. The lowest BCUT2D eigenvalue weighted by Gasteiger charge is -2.04. The van der Waals surface area contributed by atoms with Crippen LogP contribution in [0.3, 0.4) is 0 Å². The molecule has 4 aromatic rings. The number of fused-ring (bicyclic) bond motifs is 1. The molecule has 0 bridgehead atoms. The van der Waals surface area contributed by atoms with Gasteiger partial charge in [0.2, 0.25) is 20.1 Å². The molecule has 3 heterocycles. The quantitative estimate of drug-likeness (QED) is 0.503. The first-order valence-corrected chi connectivity index (χ1v) is 10.5. The van der Waals surface area contributed by atoms with Crippen molar-refractivity contribution in [2.75, 3.05) is 11.9 Å². The van der Waals surface area contributed by atoms with Crippen LogP contribution in [0.2, 0.25) is 0 Å². The topological polar surface area (TPSA) is 120 Å². The molecule has 11 heteroatoms. The summed E-state index contributed by atoms with van der Waals surface area (Å²) in [5, 5.41) is 17.9. The average Bonchev–Trinajstić information content (AvgIpc) is 3.30. The first-order valence-electron chi connectivity index (χ1n) is 8.09. The second-order valence-corrected chi connectivity index (χ2v) is 8.53. The Labute approximate surface area is 159 Å². The van der Waals surface area contributed by atoms with Crippen LogP contribution in [0.4, 0.5) is 5.13 Å². The fourth-order valence-corrected chi connectivity index (χ4v) is 3.99. The smallest absolute Gasteiger partial charge is 0.238 e. The number of primary sulfonamides is 1. The lowest BCUT2D eigenvalue weighted by atomic mass is 10.1. The highest BCUT2D eigenvalue weighted by molar-refractivity contribution is 7.89. The summed E-state index contributed by atoms with van der Waals surface area (Å²) in [5.41, 5.74) is 2.85. The number of benzene rings is 1. The molecular weight excluding hydrogens is 386 g/mol. The van der Waals surface area contributed by atoms with E-state index in [1.54, 1.807) is 33.7 Å². The maximum absolute atomic E-state index is 11.3. The zero-order chi connectivity index (χ0) is 19.0. The number of imidazole rings is 1. The molecule has 0 unspecified atom stereocenters. The minimum Gasteiger partial charge on any atom is -0.360 e. The predicted octanol–water partition coefficient (Wildman–Crippen LogP) is 1.49. The number of nitrogens with two attached hydrogens (primary N) is 1. The minimum absolute atomic E-state index is 0.114. The van der Waals surface area contributed by atoms with Crippen LogP contribution in [0, 0.1) is 0 Å². The van der Waals surface area contributed by atoms with Crippen LogP contribution in [-0.2, 0) is 23.5 Å². The molecule has 0 amide bonds. The average molecular weight is 403 g/mol. The van der Waals surface area contributed by atoms with Gasteiger partial charge in [-0.05, 0) is 24.1 Å². The molecule has 27 heavy (non-hydrogen) atoms. The van der Waals surface area contributed by atoms with Gasteiger partial charge < -0.3 is 5.32 Å². The maximum Gasteiger partial charge on any atom is 0.238 e. The highest BCUT2D eigenvalue weighted by Crippen LogP contribution is 2.25. The molecule has 3 aromatic heterocycles. The van der Waals surface area contributed by atoms with E-state index < -0.39 is 10.0 Å². The molecule has 0 aliphatic carbocycles. The predicted molar refractivity (Wildman–Crippen MR) is 103 cm³/mol. The van der Waals surface area contributed by atoms with Crippen molar-refractivity contribution in [2.45, 2.75) is 11.3 Å². The van der Waals surface area contributed by atoms with E-state index in [1.807, 2.05) is 13.2 Å². The second kappa shape index (κ2) is 6.76. The SMILES string of the molecule is Cn1cc(-c2cnc3sc(NCCc4ccc(S(N)(=O)=O)cc4)nn23)cn1. The molecule has 0 fully saturated rings. The van der Waals surface area contributed by atoms with E-state index in [0.29, 0.717) is 6.54 Å². The van der Waals surface area contributed by atoms with Crippen molar-refractivity contribution in [2.24, 2.45) is 12.2 Å². The normalized spacial score (nSPS) is 11.9. The molecule has 3 N–H and O–H groups in total. The monoisotopic (exact) mass is 403 g/mol. The number of hydrogen-bond acceptors (Lipinski definition) is 7. The summed E-state index contributed by atoms with van der Waals surface area (Å²) in [5.74, 6) is 0. The van der Waals surface area contributed by atoms with Crippen LogP contribution in [0.15, 0.2) is 47.8 Å². The summed E-state index contributed by atoms with van der Waals surface area (Å²) in [4.78, 5) is 5.31. The van der Waals surface area contributed by atoms with E-state index in [2.05, 4.69) is 20.5 Å². The zero-order valence-electron chi connectivity index (χ0n) is 14.4. The Hall–Kier alpha value is -2.76. The fourth-order valence-electron chi connectivity index (χ4n) is 2.67. The van der Waals surface area contributed by atoms with Crippen LogP contribution in [0.25, 0.3) is 16.2 Å². The van der Waals surface area contributed by atoms with E-state index in [4.69, 9.17) is 5.14 Å². The molecule has 140 valence electrons. The van der Waals surface area contributed by atoms with Crippen LogP contribution >= 0.6 is 11.3 Å². The van der Waals surface area contributed by atoms with Gasteiger partial charge >= 0.3 is 0 Å². The van der Waals surface area contributed by atoms with Crippen LogP contribution in [0.5, 0.6) is 0 Å². The Balaban J connectivity index is 1.43. The number of sulfonamides is 1. The molecule has 0 aliphatic heterocycles. The minimum atomic E-state index is -3.66. The van der Waals surface area contributed by atoms with Gasteiger partial charge in [0, 0.05) is 25.4 Å². The lowest BCUT2D eigenvalue weighted by molar-refractivity contribution is 0.598. The van der Waals surface area contributed by atoms with Gasteiger partial charge in [0.15, 0.2) is 0 Å². The molecule has 9 nitrogen and oxygen atoms in total. The molecule has 0 saturated heterocycles. The van der Waals surface area contributed by atoms with E-state index in [-0.39, 0.29) is 4.90 Å². The standard InChI is InChI=1S/C16H17N7O2S2/c1-22-10-12(8-20-22)14-9-19-16-23(14)21-15(26-16)18-7-6-11-2-4-13(5-3-11)27(17,24)25/h2-5,8-10H,6-7H2,1H3,(H,18,21)(H2,17,24,25). The van der Waals surface area contributed by atoms with E-state index >= 15 is 0 Å².